The van der Waals surface area contributed by atoms with Gasteiger partial charge in [-0.05, 0) is 55.2 Å². The highest BCUT2D eigenvalue weighted by atomic mass is 32.2. The molecule has 1 amide bonds. The lowest BCUT2D eigenvalue weighted by Crippen LogP contribution is -2.39. The van der Waals surface area contributed by atoms with E-state index in [1.54, 1.807) is 18.2 Å². The van der Waals surface area contributed by atoms with E-state index >= 15 is 0 Å². The van der Waals surface area contributed by atoms with Crippen LogP contribution < -0.4 is 14.8 Å². The number of aromatic nitrogens is 2. The molecule has 2 aromatic carbocycles. The standard InChI is InChI=1S/C23H26N4O6S/c1-15-5-4-10-27(14-15)34(29,30)20-8-6-16(7-9-20)21(28)24-23-26-25-22(33-23)17-11-18(31-2)13-19(12-17)32-3/h6-9,11-13,15H,4-5,10,14H2,1-3H3,(H,24,26,28)/t15-/m0/s1. The summed E-state index contributed by atoms with van der Waals surface area (Å²) >= 11 is 0. The fraction of sp³-hybridized carbons (Fsp3) is 0.348. The zero-order valence-corrected chi connectivity index (χ0v) is 20.0. The second-order valence-electron chi connectivity index (χ2n) is 8.10. The maximum atomic E-state index is 12.9. The fourth-order valence-corrected chi connectivity index (χ4v) is 5.38. The highest BCUT2D eigenvalue weighted by Crippen LogP contribution is 2.30. The van der Waals surface area contributed by atoms with E-state index in [0.29, 0.717) is 36.1 Å². The largest absolute Gasteiger partial charge is 0.497 e. The minimum Gasteiger partial charge on any atom is -0.497 e. The molecule has 0 saturated carbocycles. The minimum atomic E-state index is -3.59. The van der Waals surface area contributed by atoms with Gasteiger partial charge in [-0.2, -0.15) is 4.31 Å². The third-order valence-corrected chi connectivity index (χ3v) is 7.50. The topological polar surface area (TPSA) is 124 Å². The molecule has 1 aliphatic rings. The molecule has 1 aromatic heterocycles. The smallest absolute Gasteiger partial charge is 0.322 e. The number of amides is 1. The highest BCUT2D eigenvalue weighted by Gasteiger charge is 2.28. The number of hydrogen-bond acceptors (Lipinski definition) is 8. The van der Waals surface area contributed by atoms with Gasteiger partial charge in [0.2, 0.25) is 15.9 Å². The third-order valence-electron chi connectivity index (χ3n) is 5.62. The summed E-state index contributed by atoms with van der Waals surface area (Å²) in [4.78, 5) is 12.8. The molecule has 0 radical (unpaired) electrons. The second kappa shape index (κ2) is 9.82. The zero-order valence-electron chi connectivity index (χ0n) is 19.1. The Kier molecular flexibility index (Phi) is 6.85. The quantitative estimate of drug-likeness (QED) is 0.539. The lowest BCUT2D eigenvalue weighted by atomic mass is 10.0. The molecule has 34 heavy (non-hydrogen) atoms. The maximum Gasteiger partial charge on any atom is 0.322 e. The summed E-state index contributed by atoms with van der Waals surface area (Å²) in [5, 5.41) is 10.4. The Morgan fingerprint density at radius 3 is 2.38 bits per heavy atom. The van der Waals surface area contributed by atoms with Gasteiger partial charge in [0.15, 0.2) is 0 Å². The third kappa shape index (κ3) is 5.05. The van der Waals surface area contributed by atoms with E-state index in [2.05, 4.69) is 15.5 Å². The van der Waals surface area contributed by atoms with Gasteiger partial charge in [0.25, 0.3) is 5.91 Å². The summed E-state index contributed by atoms with van der Waals surface area (Å²) in [6.07, 6.45) is 1.86. The van der Waals surface area contributed by atoms with Crippen LogP contribution in [0.1, 0.15) is 30.1 Å². The molecule has 0 bridgehead atoms. The van der Waals surface area contributed by atoms with Crippen molar-refractivity contribution in [2.75, 3.05) is 32.6 Å². The predicted molar refractivity (Wildman–Crippen MR) is 124 cm³/mol. The van der Waals surface area contributed by atoms with Crippen molar-refractivity contribution >= 4 is 21.9 Å². The van der Waals surface area contributed by atoms with Crippen molar-refractivity contribution in [2.45, 2.75) is 24.7 Å². The number of nitrogens with zero attached hydrogens (tertiary/aromatic N) is 3. The van der Waals surface area contributed by atoms with E-state index < -0.39 is 15.9 Å². The molecule has 0 spiro atoms. The Morgan fingerprint density at radius 2 is 1.76 bits per heavy atom. The molecule has 1 saturated heterocycles. The van der Waals surface area contributed by atoms with Crippen molar-refractivity contribution in [3.63, 3.8) is 0 Å². The number of sulfonamides is 1. The molecule has 11 heteroatoms. The molecule has 2 heterocycles. The minimum absolute atomic E-state index is 0.0965. The van der Waals surface area contributed by atoms with Crippen LogP contribution in [0.3, 0.4) is 0 Å². The lowest BCUT2D eigenvalue weighted by Gasteiger charge is -2.30. The van der Waals surface area contributed by atoms with Gasteiger partial charge in [0.1, 0.15) is 11.5 Å². The lowest BCUT2D eigenvalue weighted by molar-refractivity contribution is 0.102. The van der Waals surface area contributed by atoms with Crippen LogP contribution in [-0.2, 0) is 10.0 Å². The van der Waals surface area contributed by atoms with Crippen molar-refractivity contribution in [3.8, 4) is 23.0 Å². The Balaban J connectivity index is 1.46. The van der Waals surface area contributed by atoms with Crippen molar-refractivity contribution in [1.29, 1.82) is 0 Å². The number of rotatable bonds is 7. The van der Waals surface area contributed by atoms with Crippen LogP contribution in [0.5, 0.6) is 11.5 Å². The molecule has 1 fully saturated rings. The monoisotopic (exact) mass is 486 g/mol. The van der Waals surface area contributed by atoms with Gasteiger partial charge >= 0.3 is 6.01 Å². The first-order valence-electron chi connectivity index (χ1n) is 10.8. The zero-order chi connectivity index (χ0) is 24.3. The number of ether oxygens (including phenoxy) is 2. The summed E-state index contributed by atoms with van der Waals surface area (Å²) < 4.78 is 43.4. The molecular weight excluding hydrogens is 460 g/mol. The van der Waals surface area contributed by atoms with Gasteiger partial charge in [0, 0.05) is 30.3 Å². The molecule has 1 atom stereocenters. The van der Waals surface area contributed by atoms with E-state index in [0.717, 1.165) is 12.8 Å². The normalized spacial score (nSPS) is 16.7. The number of methoxy groups -OCH3 is 2. The van der Waals surface area contributed by atoms with Crippen LogP contribution in [0.4, 0.5) is 6.01 Å². The van der Waals surface area contributed by atoms with E-state index in [9.17, 15) is 13.2 Å². The van der Waals surface area contributed by atoms with Crippen molar-refractivity contribution in [2.24, 2.45) is 5.92 Å². The van der Waals surface area contributed by atoms with Crippen LogP contribution in [0.25, 0.3) is 11.5 Å². The number of benzene rings is 2. The van der Waals surface area contributed by atoms with Crippen molar-refractivity contribution in [3.05, 3.63) is 48.0 Å². The summed E-state index contributed by atoms with van der Waals surface area (Å²) in [6.45, 7) is 3.06. The Hall–Kier alpha value is -3.44. The first kappa shape index (κ1) is 23.7. The molecule has 180 valence electrons. The van der Waals surface area contributed by atoms with Crippen LogP contribution in [0.15, 0.2) is 51.8 Å². The molecule has 0 unspecified atom stereocenters. The highest BCUT2D eigenvalue weighted by molar-refractivity contribution is 7.89. The molecule has 1 N–H and O–H groups in total. The average Bonchev–Trinajstić information content (AvgIpc) is 3.32. The summed E-state index contributed by atoms with van der Waals surface area (Å²) in [5.74, 6) is 1.09. The first-order chi connectivity index (χ1) is 16.3. The van der Waals surface area contributed by atoms with Gasteiger partial charge in [-0.3, -0.25) is 10.1 Å². The molecule has 3 aromatic rings. The van der Waals surface area contributed by atoms with E-state index in [1.807, 2.05) is 6.92 Å². The van der Waals surface area contributed by atoms with Crippen LogP contribution in [0.2, 0.25) is 0 Å². The van der Waals surface area contributed by atoms with Gasteiger partial charge in [0.05, 0.1) is 19.1 Å². The van der Waals surface area contributed by atoms with Gasteiger partial charge in [-0.15, -0.1) is 5.10 Å². The van der Waals surface area contributed by atoms with Crippen LogP contribution in [0, 0.1) is 5.92 Å². The second-order valence-corrected chi connectivity index (χ2v) is 10.0. The van der Waals surface area contributed by atoms with E-state index in [1.165, 1.54) is 42.8 Å². The van der Waals surface area contributed by atoms with Gasteiger partial charge < -0.3 is 13.9 Å². The number of carbonyl (C=O) groups excluding carboxylic acids is 1. The number of anilines is 1. The number of piperidine rings is 1. The summed E-state index contributed by atoms with van der Waals surface area (Å²) in [5.41, 5.74) is 0.819. The Morgan fingerprint density at radius 1 is 1.09 bits per heavy atom. The molecule has 4 rings (SSSR count). The number of carbonyl (C=O) groups is 1. The summed E-state index contributed by atoms with van der Waals surface area (Å²) in [6, 6.07) is 10.8. The fourth-order valence-electron chi connectivity index (χ4n) is 3.78. The Labute approximate surface area is 197 Å². The van der Waals surface area contributed by atoms with Crippen LogP contribution in [-0.4, -0.2) is 56.1 Å². The number of hydrogen-bond donors (Lipinski definition) is 1. The van der Waals surface area contributed by atoms with Crippen molar-refractivity contribution in [1.82, 2.24) is 14.5 Å². The molecule has 0 aliphatic carbocycles. The molecule has 1 aliphatic heterocycles. The predicted octanol–water partition coefficient (Wildman–Crippen LogP) is 3.43. The van der Waals surface area contributed by atoms with Gasteiger partial charge in [-0.1, -0.05) is 12.0 Å². The number of nitrogens with one attached hydrogen (secondary N) is 1. The van der Waals surface area contributed by atoms with Crippen molar-refractivity contribution < 1.29 is 27.1 Å². The maximum absolute atomic E-state index is 12.9. The molecular formula is C23H26N4O6S. The first-order valence-corrected chi connectivity index (χ1v) is 12.2. The summed E-state index contributed by atoms with van der Waals surface area (Å²) in [7, 11) is -0.536. The average molecular weight is 487 g/mol. The van der Waals surface area contributed by atoms with Gasteiger partial charge in [-0.25, -0.2) is 8.42 Å². The van der Waals surface area contributed by atoms with Crippen LogP contribution >= 0.6 is 0 Å². The SMILES string of the molecule is COc1cc(OC)cc(-c2nnc(NC(=O)c3ccc(S(=O)(=O)N4CCC[C@H](C)C4)cc3)o2)c1. The Bertz CT molecular complexity index is 1250. The molecule has 10 nitrogen and oxygen atoms in total. The van der Waals surface area contributed by atoms with E-state index in [4.69, 9.17) is 13.9 Å². The van der Waals surface area contributed by atoms with E-state index in [-0.39, 0.29) is 22.4 Å².